The van der Waals surface area contributed by atoms with E-state index in [1.165, 1.54) is 0 Å². The van der Waals surface area contributed by atoms with Gasteiger partial charge in [0.15, 0.2) is 11.6 Å². The minimum Gasteiger partial charge on any atom is -0.465 e. The number of fused-ring (bicyclic) bond motifs is 1. The highest BCUT2D eigenvalue weighted by Crippen LogP contribution is 2.22. The van der Waals surface area contributed by atoms with Crippen LogP contribution in [0.2, 0.25) is 0 Å². The maximum absolute atomic E-state index is 13.3. The van der Waals surface area contributed by atoms with Crippen LogP contribution in [-0.4, -0.2) is 31.1 Å². The fourth-order valence-corrected chi connectivity index (χ4v) is 1.71. The largest absolute Gasteiger partial charge is 0.465 e. The van der Waals surface area contributed by atoms with E-state index in [-0.39, 0.29) is 22.2 Å². The molecule has 0 atom stereocenters. The summed E-state index contributed by atoms with van der Waals surface area (Å²) in [5.41, 5.74) is -0.351. The van der Waals surface area contributed by atoms with E-state index in [9.17, 15) is 18.4 Å². The lowest BCUT2D eigenvalue weighted by Gasteiger charge is -2.07. The second-order valence-corrected chi connectivity index (χ2v) is 3.82. The van der Waals surface area contributed by atoms with E-state index in [1.54, 1.807) is 0 Å². The molecule has 7 heteroatoms. The molecule has 0 aliphatic heterocycles. The second-order valence-electron chi connectivity index (χ2n) is 3.82. The lowest BCUT2D eigenvalue weighted by atomic mass is 10.1. The molecule has 0 aliphatic carbocycles. The Kier molecular flexibility index (Phi) is 3.60. The average molecular weight is 281 g/mol. The van der Waals surface area contributed by atoms with Crippen molar-refractivity contribution >= 4 is 22.8 Å². The number of nitrogens with zero attached hydrogens (tertiary/aromatic N) is 1. The summed E-state index contributed by atoms with van der Waals surface area (Å²) >= 11 is 0. The molecule has 5 nitrogen and oxygen atoms in total. The van der Waals surface area contributed by atoms with Crippen molar-refractivity contribution in [3.8, 4) is 0 Å². The molecule has 0 bridgehead atoms. The Bertz CT molecular complexity index is 715. The number of carbonyl (C=O) groups is 2. The molecule has 0 saturated carbocycles. The van der Waals surface area contributed by atoms with Crippen molar-refractivity contribution < 1.29 is 27.8 Å². The van der Waals surface area contributed by atoms with Crippen molar-refractivity contribution in [2.75, 3.05) is 14.2 Å². The van der Waals surface area contributed by atoms with Gasteiger partial charge < -0.3 is 9.47 Å². The number of ether oxygens (including phenoxy) is 2. The van der Waals surface area contributed by atoms with Gasteiger partial charge in [-0.2, -0.15) is 0 Å². The zero-order valence-corrected chi connectivity index (χ0v) is 10.6. The number of rotatable bonds is 2. The second kappa shape index (κ2) is 5.20. The molecule has 20 heavy (non-hydrogen) atoms. The van der Waals surface area contributed by atoms with Gasteiger partial charge in [-0.3, -0.25) is 0 Å². The molecule has 0 spiro atoms. The van der Waals surface area contributed by atoms with Gasteiger partial charge in [0, 0.05) is 11.5 Å². The van der Waals surface area contributed by atoms with E-state index in [4.69, 9.17) is 0 Å². The van der Waals surface area contributed by atoms with Crippen LogP contribution in [0.15, 0.2) is 18.2 Å². The summed E-state index contributed by atoms with van der Waals surface area (Å²) in [5.74, 6) is -3.87. The first kappa shape index (κ1) is 13.9. The number of hydrogen-bond donors (Lipinski definition) is 0. The Balaban J connectivity index is 2.81. The van der Waals surface area contributed by atoms with Gasteiger partial charge in [0.05, 0.1) is 25.3 Å². The molecule has 0 unspecified atom stereocenters. The number of halogens is 2. The van der Waals surface area contributed by atoms with Crippen molar-refractivity contribution in [2.24, 2.45) is 0 Å². The molecular formula is C13H9F2NO4. The highest BCUT2D eigenvalue weighted by Gasteiger charge is 2.19. The summed E-state index contributed by atoms with van der Waals surface area (Å²) in [6.07, 6.45) is 0. The highest BCUT2D eigenvalue weighted by molar-refractivity contribution is 6.05. The van der Waals surface area contributed by atoms with Gasteiger partial charge in [-0.1, -0.05) is 0 Å². The molecule has 2 rings (SSSR count). The first-order valence-corrected chi connectivity index (χ1v) is 5.44. The minimum absolute atomic E-state index is 0.0448. The number of methoxy groups -OCH3 is 2. The van der Waals surface area contributed by atoms with E-state index < -0.39 is 23.6 Å². The van der Waals surface area contributed by atoms with Gasteiger partial charge in [0.2, 0.25) is 0 Å². The van der Waals surface area contributed by atoms with Crippen molar-refractivity contribution in [3.63, 3.8) is 0 Å². The summed E-state index contributed by atoms with van der Waals surface area (Å²) in [7, 11) is 2.27. The van der Waals surface area contributed by atoms with Crippen molar-refractivity contribution in [3.05, 3.63) is 41.1 Å². The standard InChI is InChI=1S/C13H9F2NO4/c1-19-12(17)7-4-11(13(18)20-2)16-10-5-9(15)8(14)3-6(7)10/h3-5H,1-2H3. The minimum atomic E-state index is -1.14. The SMILES string of the molecule is COC(=O)c1cc(C(=O)OC)c2cc(F)c(F)cc2n1. The van der Waals surface area contributed by atoms with Crippen LogP contribution in [0.25, 0.3) is 10.9 Å². The fraction of sp³-hybridized carbons (Fsp3) is 0.154. The van der Waals surface area contributed by atoms with Gasteiger partial charge in [-0.15, -0.1) is 0 Å². The number of carbonyl (C=O) groups excluding carboxylic acids is 2. The van der Waals surface area contributed by atoms with E-state index >= 15 is 0 Å². The monoisotopic (exact) mass is 281 g/mol. The van der Waals surface area contributed by atoms with Crippen LogP contribution in [-0.2, 0) is 9.47 Å². The van der Waals surface area contributed by atoms with E-state index in [2.05, 4.69) is 14.5 Å². The molecule has 2 aromatic rings. The van der Waals surface area contributed by atoms with Crippen LogP contribution < -0.4 is 0 Å². The maximum Gasteiger partial charge on any atom is 0.356 e. The van der Waals surface area contributed by atoms with Crippen LogP contribution in [0.3, 0.4) is 0 Å². The number of pyridine rings is 1. The molecule has 0 aliphatic rings. The number of benzene rings is 1. The Morgan fingerprint density at radius 2 is 1.60 bits per heavy atom. The van der Waals surface area contributed by atoms with E-state index in [0.717, 1.165) is 32.4 Å². The third kappa shape index (κ3) is 2.29. The molecule has 0 N–H and O–H groups in total. The first-order chi connectivity index (χ1) is 9.47. The van der Waals surface area contributed by atoms with Crippen LogP contribution >= 0.6 is 0 Å². The Morgan fingerprint density at radius 1 is 1.00 bits per heavy atom. The van der Waals surface area contributed by atoms with Crippen molar-refractivity contribution in [2.45, 2.75) is 0 Å². The Hall–Kier alpha value is -2.57. The fourth-order valence-electron chi connectivity index (χ4n) is 1.71. The van der Waals surface area contributed by atoms with Crippen molar-refractivity contribution in [1.29, 1.82) is 0 Å². The summed E-state index contributed by atoms with van der Waals surface area (Å²) in [5, 5.41) is 0.0448. The molecule has 1 heterocycles. The summed E-state index contributed by atoms with van der Waals surface area (Å²) in [6.45, 7) is 0. The van der Waals surface area contributed by atoms with Crippen LogP contribution in [0.5, 0.6) is 0 Å². The molecule has 0 radical (unpaired) electrons. The highest BCUT2D eigenvalue weighted by atomic mass is 19.2. The zero-order valence-electron chi connectivity index (χ0n) is 10.6. The number of aromatic nitrogens is 1. The molecule has 104 valence electrons. The predicted molar refractivity (Wildman–Crippen MR) is 64.3 cm³/mol. The predicted octanol–water partition coefficient (Wildman–Crippen LogP) is 2.09. The van der Waals surface area contributed by atoms with Gasteiger partial charge >= 0.3 is 11.9 Å². The van der Waals surface area contributed by atoms with Crippen LogP contribution in [0, 0.1) is 11.6 Å². The quantitative estimate of drug-likeness (QED) is 0.788. The van der Waals surface area contributed by atoms with Crippen molar-refractivity contribution in [1.82, 2.24) is 4.98 Å². The molecule has 0 amide bonds. The average Bonchev–Trinajstić information content (AvgIpc) is 2.45. The molecule has 0 fully saturated rings. The third-order valence-electron chi connectivity index (χ3n) is 2.65. The number of esters is 2. The van der Waals surface area contributed by atoms with E-state index in [0.29, 0.717) is 0 Å². The maximum atomic E-state index is 13.3. The summed E-state index contributed by atoms with van der Waals surface area (Å²) in [6, 6.07) is 2.73. The smallest absolute Gasteiger partial charge is 0.356 e. The summed E-state index contributed by atoms with van der Waals surface area (Å²) in [4.78, 5) is 27.0. The first-order valence-electron chi connectivity index (χ1n) is 5.44. The molecule has 0 saturated heterocycles. The summed E-state index contributed by atoms with van der Waals surface area (Å²) < 4.78 is 35.5. The normalized spacial score (nSPS) is 10.4. The lowest BCUT2D eigenvalue weighted by Crippen LogP contribution is -2.10. The van der Waals surface area contributed by atoms with Gasteiger partial charge in [-0.05, 0) is 12.1 Å². The zero-order chi connectivity index (χ0) is 14.9. The van der Waals surface area contributed by atoms with Gasteiger partial charge in [-0.25, -0.2) is 23.4 Å². The molecular weight excluding hydrogens is 272 g/mol. The number of hydrogen-bond acceptors (Lipinski definition) is 5. The van der Waals surface area contributed by atoms with Crippen LogP contribution in [0.4, 0.5) is 8.78 Å². The van der Waals surface area contributed by atoms with E-state index in [1.807, 2.05) is 0 Å². The molecule has 1 aromatic heterocycles. The third-order valence-corrected chi connectivity index (χ3v) is 2.65. The van der Waals surface area contributed by atoms with Crippen LogP contribution in [0.1, 0.15) is 20.8 Å². The topological polar surface area (TPSA) is 65.5 Å². The van der Waals surface area contributed by atoms with Gasteiger partial charge in [0.25, 0.3) is 0 Å². The Labute approximate surface area is 112 Å². The Morgan fingerprint density at radius 3 is 2.20 bits per heavy atom. The van der Waals surface area contributed by atoms with Gasteiger partial charge in [0.1, 0.15) is 5.69 Å². The molecule has 1 aromatic carbocycles. The lowest BCUT2D eigenvalue weighted by molar-refractivity contribution is 0.0594.